The van der Waals surface area contributed by atoms with Crippen LogP contribution in [0.5, 0.6) is 17.2 Å². The predicted molar refractivity (Wildman–Crippen MR) is 96.0 cm³/mol. The first-order valence-corrected chi connectivity index (χ1v) is 8.23. The van der Waals surface area contributed by atoms with Crippen LogP contribution in [0.4, 0.5) is 0 Å². The molecule has 2 rings (SSSR count). The molecule has 1 heterocycles. The Bertz CT molecular complexity index is 724. The number of fused-ring (bicyclic) bond motifs is 1. The van der Waals surface area contributed by atoms with Crippen molar-refractivity contribution in [2.24, 2.45) is 0 Å². The van der Waals surface area contributed by atoms with E-state index in [1.54, 1.807) is 33.5 Å². The first kappa shape index (κ1) is 18.9. The second-order valence-corrected chi connectivity index (χ2v) is 5.82. The second kappa shape index (κ2) is 8.62. The maximum atomic E-state index is 12.4. The molecule has 0 unspecified atom stereocenters. The van der Waals surface area contributed by atoms with E-state index < -0.39 is 0 Å². The van der Waals surface area contributed by atoms with Gasteiger partial charge in [0.25, 0.3) is 5.91 Å². The quantitative estimate of drug-likeness (QED) is 0.680. The lowest BCUT2D eigenvalue weighted by atomic mass is 10.2. The molecular formula is C18H26N2O5. The number of carbonyl (C=O) groups is 1. The summed E-state index contributed by atoms with van der Waals surface area (Å²) in [4.78, 5) is 15.5. The van der Waals surface area contributed by atoms with Crippen LogP contribution in [0.25, 0.3) is 10.9 Å². The molecule has 1 amide bonds. The molecule has 2 N–H and O–H groups in total. The Morgan fingerprint density at radius 3 is 2.44 bits per heavy atom. The number of nitrogens with one attached hydrogen (secondary N) is 2. The van der Waals surface area contributed by atoms with Crippen molar-refractivity contribution >= 4 is 16.8 Å². The summed E-state index contributed by atoms with van der Waals surface area (Å²) in [6, 6.07) is 3.48. The van der Waals surface area contributed by atoms with E-state index in [0.717, 1.165) is 11.8 Å². The molecule has 0 aliphatic heterocycles. The van der Waals surface area contributed by atoms with Gasteiger partial charge in [0, 0.05) is 24.6 Å². The Balaban J connectivity index is 2.18. The number of aromatic nitrogens is 1. The largest absolute Gasteiger partial charge is 0.496 e. The number of methoxy groups -OCH3 is 3. The number of ether oxygens (including phenoxy) is 4. The first-order valence-electron chi connectivity index (χ1n) is 8.23. The zero-order chi connectivity index (χ0) is 18.4. The molecule has 7 nitrogen and oxygen atoms in total. The van der Waals surface area contributed by atoms with E-state index >= 15 is 0 Å². The summed E-state index contributed by atoms with van der Waals surface area (Å²) in [6.07, 6.45) is 0.948. The third-order valence-electron chi connectivity index (χ3n) is 3.74. The van der Waals surface area contributed by atoms with Crippen LogP contribution in [0.15, 0.2) is 12.1 Å². The fraction of sp³-hybridized carbons (Fsp3) is 0.500. The monoisotopic (exact) mass is 350 g/mol. The average Bonchev–Trinajstić information content (AvgIpc) is 3.04. The van der Waals surface area contributed by atoms with Crippen LogP contribution in [0.3, 0.4) is 0 Å². The number of amides is 1. The molecule has 7 heteroatoms. The number of carbonyl (C=O) groups excluding carboxylic acids is 1. The molecule has 0 bridgehead atoms. The molecule has 0 radical (unpaired) electrons. The molecule has 0 aliphatic rings. The van der Waals surface area contributed by atoms with E-state index in [9.17, 15) is 4.79 Å². The topological polar surface area (TPSA) is 81.8 Å². The van der Waals surface area contributed by atoms with Gasteiger partial charge in [-0.2, -0.15) is 0 Å². The highest BCUT2D eigenvalue weighted by molar-refractivity contribution is 6.02. The third kappa shape index (κ3) is 4.36. The van der Waals surface area contributed by atoms with Crippen molar-refractivity contribution in [2.45, 2.75) is 26.4 Å². The third-order valence-corrected chi connectivity index (χ3v) is 3.74. The van der Waals surface area contributed by atoms with Crippen LogP contribution in [0.2, 0.25) is 0 Å². The van der Waals surface area contributed by atoms with E-state index in [1.165, 1.54) is 0 Å². The Kier molecular flexibility index (Phi) is 6.52. The molecule has 0 aliphatic carbocycles. The van der Waals surface area contributed by atoms with Crippen molar-refractivity contribution in [3.05, 3.63) is 17.8 Å². The SMILES string of the molecule is COc1cc(OC)c2cc(C(=O)NCCCOC(C)C)[nH]c2c1OC. The Hall–Kier alpha value is -2.41. The summed E-state index contributed by atoms with van der Waals surface area (Å²) in [5.74, 6) is 1.48. The molecule has 1 aromatic carbocycles. The van der Waals surface area contributed by atoms with E-state index in [-0.39, 0.29) is 12.0 Å². The lowest BCUT2D eigenvalue weighted by molar-refractivity contribution is 0.0756. The summed E-state index contributed by atoms with van der Waals surface area (Å²) in [5.41, 5.74) is 1.09. The van der Waals surface area contributed by atoms with Crippen molar-refractivity contribution < 1.29 is 23.7 Å². The van der Waals surface area contributed by atoms with Gasteiger partial charge in [-0.15, -0.1) is 0 Å². The minimum absolute atomic E-state index is 0.191. The highest BCUT2D eigenvalue weighted by Crippen LogP contribution is 2.41. The van der Waals surface area contributed by atoms with E-state index in [4.69, 9.17) is 18.9 Å². The molecule has 0 saturated heterocycles. The van der Waals surface area contributed by atoms with E-state index in [1.807, 2.05) is 13.8 Å². The van der Waals surface area contributed by atoms with Gasteiger partial charge in [0.05, 0.1) is 33.0 Å². The van der Waals surface area contributed by atoms with Gasteiger partial charge >= 0.3 is 0 Å². The smallest absolute Gasteiger partial charge is 0.267 e. The second-order valence-electron chi connectivity index (χ2n) is 5.82. The molecule has 0 atom stereocenters. The van der Waals surface area contributed by atoms with Gasteiger partial charge in [-0.3, -0.25) is 4.79 Å². The van der Waals surface area contributed by atoms with E-state index in [2.05, 4.69) is 10.3 Å². The summed E-state index contributed by atoms with van der Waals surface area (Å²) in [6.45, 7) is 5.12. The van der Waals surface area contributed by atoms with Crippen molar-refractivity contribution in [3.63, 3.8) is 0 Å². The van der Waals surface area contributed by atoms with Gasteiger partial charge in [-0.05, 0) is 26.3 Å². The van der Waals surface area contributed by atoms with Crippen LogP contribution in [0, 0.1) is 0 Å². The molecule has 0 fully saturated rings. The van der Waals surface area contributed by atoms with Gasteiger partial charge in [0.2, 0.25) is 0 Å². The summed E-state index contributed by atoms with van der Waals surface area (Å²) >= 11 is 0. The number of hydrogen-bond donors (Lipinski definition) is 2. The predicted octanol–water partition coefficient (Wildman–Crippen LogP) is 2.74. The van der Waals surface area contributed by atoms with Gasteiger partial charge in [0.1, 0.15) is 11.4 Å². The molecule has 0 saturated carbocycles. The number of hydrogen-bond acceptors (Lipinski definition) is 5. The molecule has 0 spiro atoms. The minimum Gasteiger partial charge on any atom is -0.496 e. The summed E-state index contributed by atoms with van der Waals surface area (Å²) in [7, 11) is 4.68. The summed E-state index contributed by atoms with van der Waals surface area (Å²) < 4.78 is 21.6. The molecular weight excluding hydrogens is 324 g/mol. The number of H-pyrrole nitrogens is 1. The molecule has 138 valence electrons. The van der Waals surface area contributed by atoms with Crippen LogP contribution >= 0.6 is 0 Å². The normalized spacial score (nSPS) is 11.0. The lowest BCUT2D eigenvalue weighted by Gasteiger charge is -2.11. The van der Waals surface area contributed by atoms with E-state index in [0.29, 0.717) is 41.6 Å². The highest BCUT2D eigenvalue weighted by Gasteiger charge is 2.19. The van der Waals surface area contributed by atoms with Crippen LogP contribution in [-0.2, 0) is 4.74 Å². The van der Waals surface area contributed by atoms with Gasteiger partial charge in [-0.1, -0.05) is 0 Å². The highest BCUT2D eigenvalue weighted by atomic mass is 16.5. The molecule has 2 aromatic rings. The van der Waals surface area contributed by atoms with Crippen LogP contribution in [0.1, 0.15) is 30.8 Å². The standard InChI is InChI=1S/C18H26N2O5/c1-11(2)25-8-6-7-19-18(21)13-9-12-14(22-3)10-15(23-4)17(24-5)16(12)20-13/h9-11,20H,6-8H2,1-5H3,(H,19,21). The molecule has 1 aromatic heterocycles. The van der Waals surface area contributed by atoms with Crippen molar-refractivity contribution in [1.82, 2.24) is 10.3 Å². The summed E-state index contributed by atoms with van der Waals surface area (Å²) in [5, 5.41) is 3.63. The number of benzene rings is 1. The lowest BCUT2D eigenvalue weighted by Crippen LogP contribution is -2.25. The van der Waals surface area contributed by atoms with Crippen molar-refractivity contribution in [3.8, 4) is 17.2 Å². The Morgan fingerprint density at radius 2 is 1.84 bits per heavy atom. The maximum Gasteiger partial charge on any atom is 0.267 e. The zero-order valence-electron chi connectivity index (χ0n) is 15.4. The first-order chi connectivity index (χ1) is 12.0. The van der Waals surface area contributed by atoms with Crippen molar-refractivity contribution in [2.75, 3.05) is 34.5 Å². The Morgan fingerprint density at radius 1 is 1.12 bits per heavy atom. The van der Waals surface area contributed by atoms with Gasteiger partial charge < -0.3 is 29.2 Å². The van der Waals surface area contributed by atoms with Crippen LogP contribution < -0.4 is 19.5 Å². The fourth-order valence-electron chi connectivity index (χ4n) is 2.55. The maximum absolute atomic E-state index is 12.4. The zero-order valence-corrected chi connectivity index (χ0v) is 15.4. The Labute approximate surface area is 147 Å². The number of rotatable bonds is 9. The van der Waals surface area contributed by atoms with Gasteiger partial charge in [-0.25, -0.2) is 0 Å². The average molecular weight is 350 g/mol. The minimum atomic E-state index is -0.191. The molecule has 25 heavy (non-hydrogen) atoms. The van der Waals surface area contributed by atoms with Gasteiger partial charge in [0.15, 0.2) is 11.5 Å². The fourth-order valence-corrected chi connectivity index (χ4v) is 2.55. The van der Waals surface area contributed by atoms with Crippen LogP contribution in [-0.4, -0.2) is 51.5 Å². The number of aromatic amines is 1. The van der Waals surface area contributed by atoms with Crippen molar-refractivity contribution in [1.29, 1.82) is 0 Å².